The molecule has 154 valence electrons. The van der Waals surface area contributed by atoms with Gasteiger partial charge in [0, 0.05) is 25.3 Å². The second kappa shape index (κ2) is 9.14. The minimum atomic E-state index is -0.490. The molecule has 0 aliphatic carbocycles. The van der Waals surface area contributed by atoms with Crippen molar-refractivity contribution in [1.82, 2.24) is 10.6 Å². The second-order valence-electron chi connectivity index (χ2n) is 8.06. The first kappa shape index (κ1) is 20.9. The molecule has 5 heteroatoms. The van der Waals surface area contributed by atoms with Gasteiger partial charge in [-0.2, -0.15) is 0 Å². The predicted octanol–water partition coefficient (Wildman–Crippen LogP) is 4.29. The summed E-state index contributed by atoms with van der Waals surface area (Å²) in [5.74, 6) is 0. The molecule has 0 spiro atoms. The van der Waals surface area contributed by atoms with Crippen molar-refractivity contribution in [3.63, 3.8) is 0 Å². The van der Waals surface area contributed by atoms with E-state index >= 15 is 0 Å². The molecule has 2 aromatic carbocycles. The topological polar surface area (TPSA) is 53.6 Å². The lowest BCUT2D eigenvalue weighted by Gasteiger charge is -2.29. The van der Waals surface area contributed by atoms with Crippen molar-refractivity contribution < 1.29 is 9.53 Å². The summed E-state index contributed by atoms with van der Waals surface area (Å²) in [5, 5.41) is 6.03. The number of carbonyl (C=O) groups is 1. The molecule has 2 N–H and O–H groups in total. The number of benzene rings is 2. The van der Waals surface area contributed by atoms with Gasteiger partial charge < -0.3 is 20.3 Å². The molecular weight excluding hydrogens is 362 g/mol. The predicted molar refractivity (Wildman–Crippen MR) is 119 cm³/mol. The van der Waals surface area contributed by atoms with Gasteiger partial charge in [-0.3, -0.25) is 0 Å². The Balaban J connectivity index is 1.55. The maximum absolute atomic E-state index is 12.5. The molecule has 1 fully saturated rings. The number of nitrogens with one attached hydrogen (secondary N) is 2. The summed E-state index contributed by atoms with van der Waals surface area (Å²) in [6, 6.07) is 16.3. The van der Waals surface area contributed by atoms with E-state index in [4.69, 9.17) is 4.74 Å². The normalized spacial score (nSPS) is 14.4. The Morgan fingerprint density at radius 1 is 1.14 bits per heavy atom. The van der Waals surface area contributed by atoms with Crippen LogP contribution in [0, 0.1) is 0 Å². The maximum Gasteiger partial charge on any atom is 0.315 e. The fraction of sp³-hybridized carbons (Fsp3) is 0.375. The van der Waals surface area contributed by atoms with E-state index in [0.717, 1.165) is 48.6 Å². The summed E-state index contributed by atoms with van der Waals surface area (Å²) in [4.78, 5) is 14.8. The third-order valence-corrected chi connectivity index (χ3v) is 5.27. The third-order valence-electron chi connectivity index (χ3n) is 5.27. The van der Waals surface area contributed by atoms with Gasteiger partial charge >= 0.3 is 6.03 Å². The van der Waals surface area contributed by atoms with Crippen molar-refractivity contribution in [3.8, 4) is 0 Å². The number of amides is 2. The van der Waals surface area contributed by atoms with Gasteiger partial charge in [-0.25, -0.2) is 4.79 Å². The number of anilines is 1. The minimum absolute atomic E-state index is 0.187. The molecule has 1 heterocycles. The molecule has 0 bridgehead atoms. The SMILES string of the molecule is C=C(C)c1cccc(C(C)(C)NC(=O)NCc2ccc(N3CCOCC3)cc2)c1. The van der Waals surface area contributed by atoms with Crippen molar-refractivity contribution >= 4 is 17.3 Å². The van der Waals surface area contributed by atoms with Crippen LogP contribution in [0.15, 0.2) is 55.1 Å². The van der Waals surface area contributed by atoms with Gasteiger partial charge in [0.25, 0.3) is 0 Å². The van der Waals surface area contributed by atoms with E-state index in [1.807, 2.05) is 39.0 Å². The number of urea groups is 1. The zero-order valence-corrected chi connectivity index (χ0v) is 17.6. The first-order chi connectivity index (χ1) is 13.8. The molecule has 3 rings (SSSR count). The van der Waals surface area contributed by atoms with Gasteiger partial charge in [-0.05, 0) is 55.7 Å². The van der Waals surface area contributed by atoms with Crippen LogP contribution >= 0.6 is 0 Å². The minimum Gasteiger partial charge on any atom is -0.378 e. The van der Waals surface area contributed by atoms with Gasteiger partial charge in [-0.1, -0.05) is 42.5 Å². The molecule has 5 nitrogen and oxygen atoms in total. The van der Waals surface area contributed by atoms with Gasteiger partial charge in [0.05, 0.1) is 18.8 Å². The molecule has 1 saturated heterocycles. The smallest absolute Gasteiger partial charge is 0.315 e. The number of ether oxygens (including phenoxy) is 1. The Morgan fingerprint density at radius 3 is 2.48 bits per heavy atom. The standard InChI is InChI=1S/C24H31N3O2/c1-18(2)20-6-5-7-21(16-20)24(3,4)26-23(28)25-17-19-8-10-22(11-9-19)27-12-14-29-15-13-27/h5-11,16H,1,12-15,17H2,2-4H3,(H2,25,26,28). The van der Waals surface area contributed by atoms with Crippen molar-refractivity contribution in [2.75, 3.05) is 31.2 Å². The van der Waals surface area contributed by atoms with E-state index in [-0.39, 0.29) is 6.03 Å². The second-order valence-corrected chi connectivity index (χ2v) is 8.06. The highest BCUT2D eigenvalue weighted by Gasteiger charge is 2.23. The van der Waals surface area contributed by atoms with E-state index in [1.165, 1.54) is 5.69 Å². The van der Waals surface area contributed by atoms with Crippen molar-refractivity contribution in [2.24, 2.45) is 0 Å². The number of hydrogen-bond donors (Lipinski definition) is 2. The summed E-state index contributed by atoms with van der Waals surface area (Å²) < 4.78 is 5.40. The molecule has 0 saturated carbocycles. The molecule has 0 atom stereocenters. The number of nitrogens with zero attached hydrogens (tertiary/aromatic N) is 1. The van der Waals surface area contributed by atoms with Crippen LogP contribution in [0.1, 0.15) is 37.5 Å². The Bertz CT molecular complexity index is 853. The molecule has 29 heavy (non-hydrogen) atoms. The van der Waals surface area contributed by atoms with Crippen LogP contribution in [0.2, 0.25) is 0 Å². The Hall–Kier alpha value is -2.79. The lowest BCUT2D eigenvalue weighted by atomic mass is 9.92. The third kappa shape index (κ3) is 5.61. The fourth-order valence-electron chi connectivity index (χ4n) is 3.40. The number of morpholine rings is 1. The van der Waals surface area contributed by atoms with Crippen LogP contribution in [0.4, 0.5) is 10.5 Å². The van der Waals surface area contributed by atoms with Crippen LogP contribution in [-0.4, -0.2) is 32.3 Å². The lowest BCUT2D eigenvalue weighted by molar-refractivity contribution is 0.122. The quantitative estimate of drug-likeness (QED) is 0.770. The summed E-state index contributed by atoms with van der Waals surface area (Å²) in [6.45, 7) is 13.8. The first-order valence-corrected chi connectivity index (χ1v) is 10.1. The van der Waals surface area contributed by atoms with E-state index in [2.05, 4.69) is 52.4 Å². The van der Waals surface area contributed by atoms with Crippen molar-refractivity contribution in [3.05, 3.63) is 71.8 Å². The number of rotatable bonds is 6. The van der Waals surface area contributed by atoms with Crippen molar-refractivity contribution in [2.45, 2.75) is 32.9 Å². The Labute approximate surface area is 173 Å². The molecule has 2 aromatic rings. The zero-order valence-electron chi connectivity index (χ0n) is 17.6. The van der Waals surface area contributed by atoms with E-state index < -0.39 is 5.54 Å². The summed E-state index contributed by atoms with van der Waals surface area (Å²) >= 11 is 0. The summed E-state index contributed by atoms with van der Waals surface area (Å²) in [7, 11) is 0. The number of allylic oxidation sites excluding steroid dienone is 1. The highest BCUT2D eigenvalue weighted by Crippen LogP contribution is 2.23. The monoisotopic (exact) mass is 393 g/mol. The average Bonchev–Trinajstić information content (AvgIpc) is 2.73. The highest BCUT2D eigenvalue weighted by atomic mass is 16.5. The van der Waals surface area contributed by atoms with Gasteiger partial charge in [0.2, 0.25) is 0 Å². The fourth-order valence-corrected chi connectivity index (χ4v) is 3.40. The largest absolute Gasteiger partial charge is 0.378 e. The van der Waals surface area contributed by atoms with Gasteiger partial charge in [0.1, 0.15) is 0 Å². The molecule has 2 amide bonds. The van der Waals surface area contributed by atoms with Crippen LogP contribution in [-0.2, 0) is 16.8 Å². The highest BCUT2D eigenvalue weighted by molar-refractivity contribution is 5.75. The van der Waals surface area contributed by atoms with Crippen LogP contribution in [0.3, 0.4) is 0 Å². The molecule has 0 radical (unpaired) electrons. The van der Waals surface area contributed by atoms with Crippen LogP contribution in [0.25, 0.3) is 5.57 Å². The molecular formula is C24H31N3O2. The first-order valence-electron chi connectivity index (χ1n) is 10.1. The zero-order chi connectivity index (χ0) is 20.9. The number of carbonyl (C=O) groups excluding carboxylic acids is 1. The van der Waals surface area contributed by atoms with Gasteiger partial charge in [-0.15, -0.1) is 0 Å². The van der Waals surface area contributed by atoms with E-state index in [1.54, 1.807) is 0 Å². The van der Waals surface area contributed by atoms with Crippen LogP contribution < -0.4 is 15.5 Å². The molecule has 0 unspecified atom stereocenters. The van der Waals surface area contributed by atoms with E-state index in [9.17, 15) is 4.79 Å². The Morgan fingerprint density at radius 2 is 1.83 bits per heavy atom. The average molecular weight is 394 g/mol. The lowest BCUT2D eigenvalue weighted by Crippen LogP contribution is -2.46. The number of hydrogen-bond acceptors (Lipinski definition) is 3. The van der Waals surface area contributed by atoms with Crippen LogP contribution in [0.5, 0.6) is 0 Å². The summed E-state index contributed by atoms with van der Waals surface area (Å²) in [6.07, 6.45) is 0. The summed E-state index contributed by atoms with van der Waals surface area (Å²) in [5.41, 5.74) is 4.91. The Kier molecular flexibility index (Phi) is 6.60. The molecule has 1 aliphatic heterocycles. The van der Waals surface area contributed by atoms with Crippen molar-refractivity contribution in [1.29, 1.82) is 0 Å². The maximum atomic E-state index is 12.5. The molecule has 1 aliphatic rings. The molecule has 0 aromatic heterocycles. The van der Waals surface area contributed by atoms with Gasteiger partial charge in [0.15, 0.2) is 0 Å². The van der Waals surface area contributed by atoms with E-state index in [0.29, 0.717) is 6.54 Å².